The predicted molar refractivity (Wildman–Crippen MR) is 87.4 cm³/mol. The molecule has 0 saturated heterocycles. The summed E-state index contributed by atoms with van der Waals surface area (Å²) >= 11 is 0. The maximum Gasteiger partial charge on any atom is 0.261 e. The van der Waals surface area contributed by atoms with Gasteiger partial charge in [0, 0.05) is 25.2 Å². The van der Waals surface area contributed by atoms with Crippen LogP contribution in [0.25, 0.3) is 0 Å². The number of aromatic nitrogens is 1. The molecule has 1 aliphatic heterocycles. The van der Waals surface area contributed by atoms with Gasteiger partial charge in [0.2, 0.25) is 0 Å². The minimum absolute atomic E-state index is 0.149. The van der Waals surface area contributed by atoms with Crippen LogP contribution < -0.4 is 15.0 Å². The van der Waals surface area contributed by atoms with Gasteiger partial charge in [0.25, 0.3) is 15.6 Å². The third-order valence-electron chi connectivity index (χ3n) is 3.67. The topological polar surface area (TPSA) is 77.4 Å². The van der Waals surface area contributed by atoms with Gasteiger partial charge in [-0.1, -0.05) is 6.92 Å². The molecule has 0 aliphatic carbocycles. The lowest BCUT2D eigenvalue weighted by Gasteiger charge is -2.11. The highest BCUT2D eigenvalue weighted by atomic mass is 32.2. The number of rotatable bonds is 5. The van der Waals surface area contributed by atoms with E-state index in [0.717, 1.165) is 17.7 Å². The molecule has 1 aromatic heterocycles. The molecule has 0 atom stereocenters. The van der Waals surface area contributed by atoms with E-state index in [-0.39, 0.29) is 10.5 Å². The van der Waals surface area contributed by atoms with Gasteiger partial charge in [-0.2, -0.15) is 0 Å². The Morgan fingerprint density at radius 3 is 2.87 bits per heavy atom. The Kier molecular flexibility index (Phi) is 4.12. The van der Waals surface area contributed by atoms with E-state index in [1.54, 1.807) is 12.1 Å². The number of hydrogen-bond acceptors (Lipinski definition) is 4. The van der Waals surface area contributed by atoms with Crippen molar-refractivity contribution in [2.24, 2.45) is 0 Å². The van der Waals surface area contributed by atoms with Crippen molar-refractivity contribution in [2.75, 3.05) is 11.3 Å². The van der Waals surface area contributed by atoms with E-state index >= 15 is 0 Å². The molecule has 0 unspecified atom stereocenters. The molecule has 2 heterocycles. The predicted octanol–water partition coefficient (Wildman–Crippen LogP) is 1.99. The molecule has 0 amide bonds. The monoisotopic (exact) mass is 334 g/mol. The normalized spacial score (nSPS) is 13.4. The molecule has 0 bridgehead atoms. The van der Waals surface area contributed by atoms with Crippen molar-refractivity contribution in [3.8, 4) is 5.75 Å². The first kappa shape index (κ1) is 15.6. The number of benzene rings is 1. The third kappa shape index (κ3) is 3.24. The zero-order valence-electron chi connectivity index (χ0n) is 12.8. The fourth-order valence-corrected chi connectivity index (χ4v) is 3.65. The standard InChI is InChI=1S/C16H18N2O4S/c1-2-8-18-11-13(3-6-16(18)19)17-23(20,21)14-4-5-15-12(10-14)7-9-22-15/h3-6,10-11,17H,2,7-9H2,1H3. The second kappa shape index (κ2) is 6.08. The first-order chi connectivity index (χ1) is 11.0. The summed E-state index contributed by atoms with van der Waals surface area (Å²) in [5, 5.41) is 0. The molecule has 122 valence electrons. The Labute approximate surface area is 134 Å². The molecule has 1 aliphatic rings. The van der Waals surface area contributed by atoms with Crippen LogP contribution in [-0.2, 0) is 23.0 Å². The van der Waals surface area contributed by atoms with Crippen LogP contribution in [0.3, 0.4) is 0 Å². The third-order valence-corrected chi connectivity index (χ3v) is 5.05. The number of hydrogen-bond donors (Lipinski definition) is 1. The summed E-state index contributed by atoms with van der Waals surface area (Å²) in [5.74, 6) is 0.737. The molecular formula is C16H18N2O4S. The average molecular weight is 334 g/mol. The maximum atomic E-state index is 12.5. The molecule has 0 saturated carbocycles. The molecule has 2 aromatic rings. The lowest BCUT2D eigenvalue weighted by molar-refractivity contribution is 0.356. The van der Waals surface area contributed by atoms with Crippen molar-refractivity contribution in [1.82, 2.24) is 4.57 Å². The summed E-state index contributed by atoms with van der Waals surface area (Å²) in [4.78, 5) is 11.9. The summed E-state index contributed by atoms with van der Waals surface area (Å²) in [7, 11) is -3.70. The van der Waals surface area contributed by atoms with Crippen LogP contribution in [0.2, 0.25) is 0 Å². The molecule has 1 aromatic carbocycles. The van der Waals surface area contributed by atoms with Crippen LogP contribution in [-0.4, -0.2) is 19.6 Å². The van der Waals surface area contributed by atoms with Gasteiger partial charge < -0.3 is 9.30 Å². The van der Waals surface area contributed by atoms with Crippen LogP contribution in [0, 0.1) is 0 Å². The van der Waals surface area contributed by atoms with E-state index in [1.165, 1.54) is 29.0 Å². The Balaban J connectivity index is 1.89. The number of nitrogens with zero attached hydrogens (tertiary/aromatic N) is 1. The average Bonchev–Trinajstić information content (AvgIpc) is 2.98. The van der Waals surface area contributed by atoms with Gasteiger partial charge in [0.15, 0.2) is 0 Å². The van der Waals surface area contributed by atoms with Gasteiger partial charge in [-0.05, 0) is 36.2 Å². The first-order valence-electron chi connectivity index (χ1n) is 7.48. The molecule has 1 N–H and O–H groups in total. The Morgan fingerprint density at radius 1 is 1.26 bits per heavy atom. The largest absolute Gasteiger partial charge is 0.493 e. The Hall–Kier alpha value is -2.28. The van der Waals surface area contributed by atoms with Crippen LogP contribution in [0.1, 0.15) is 18.9 Å². The molecule has 0 spiro atoms. The number of sulfonamides is 1. The van der Waals surface area contributed by atoms with Gasteiger partial charge in [0.05, 0.1) is 17.2 Å². The SMILES string of the molecule is CCCn1cc(NS(=O)(=O)c2ccc3c(c2)CCO3)ccc1=O. The molecule has 23 heavy (non-hydrogen) atoms. The highest BCUT2D eigenvalue weighted by molar-refractivity contribution is 7.92. The van der Waals surface area contributed by atoms with E-state index < -0.39 is 10.0 Å². The van der Waals surface area contributed by atoms with Gasteiger partial charge in [-0.15, -0.1) is 0 Å². The lowest BCUT2D eigenvalue weighted by Crippen LogP contribution is -2.20. The molecule has 6 nitrogen and oxygen atoms in total. The highest BCUT2D eigenvalue weighted by Gasteiger charge is 2.19. The fraction of sp³-hybridized carbons (Fsp3) is 0.312. The maximum absolute atomic E-state index is 12.5. The summed E-state index contributed by atoms with van der Waals surface area (Å²) in [5.41, 5.74) is 1.11. The summed E-state index contributed by atoms with van der Waals surface area (Å²) in [6, 6.07) is 7.67. The van der Waals surface area contributed by atoms with Crippen molar-refractivity contribution in [3.05, 3.63) is 52.4 Å². The second-order valence-corrected chi connectivity index (χ2v) is 7.11. The fourth-order valence-electron chi connectivity index (χ4n) is 2.55. The van der Waals surface area contributed by atoms with Crippen molar-refractivity contribution in [2.45, 2.75) is 31.2 Å². The molecule has 3 rings (SSSR count). The van der Waals surface area contributed by atoms with E-state index in [1.807, 2.05) is 6.92 Å². The van der Waals surface area contributed by atoms with E-state index in [2.05, 4.69) is 4.72 Å². The minimum Gasteiger partial charge on any atom is -0.493 e. The number of aryl methyl sites for hydroxylation is 1. The number of nitrogens with one attached hydrogen (secondary N) is 1. The van der Waals surface area contributed by atoms with Crippen molar-refractivity contribution in [3.63, 3.8) is 0 Å². The number of anilines is 1. The van der Waals surface area contributed by atoms with Crippen LogP contribution in [0.15, 0.2) is 46.2 Å². The summed E-state index contributed by atoms with van der Waals surface area (Å²) < 4.78 is 34.4. The molecular weight excluding hydrogens is 316 g/mol. The van der Waals surface area contributed by atoms with Gasteiger partial charge in [-0.3, -0.25) is 9.52 Å². The smallest absolute Gasteiger partial charge is 0.261 e. The zero-order chi connectivity index (χ0) is 16.4. The molecule has 7 heteroatoms. The van der Waals surface area contributed by atoms with Crippen LogP contribution in [0.5, 0.6) is 5.75 Å². The zero-order valence-corrected chi connectivity index (χ0v) is 13.6. The van der Waals surface area contributed by atoms with Crippen LogP contribution in [0.4, 0.5) is 5.69 Å². The van der Waals surface area contributed by atoms with Crippen molar-refractivity contribution >= 4 is 15.7 Å². The van der Waals surface area contributed by atoms with Crippen LogP contribution >= 0.6 is 0 Å². The van der Waals surface area contributed by atoms with Crippen molar-refractivity contribution < 1.29 is 13.2 Å². The van der Waals surface area contributed by atoms with Gasteiger partial charge in [-0.25, -0.2) is 8.42 Å². The van der Waals surface area contributed by atoms with Crippen molar-refractivity contribution in [1.29, 1.82) is 0 Å². The quantitative estimate of drug-likeness (QED) is 0.907. The van der Waals surface area contributed by atoms with E-state index in [9.17, 15) is 13.2 Å². The summed E-state index contributed by atoms with van der Waals surface area (Å²) in [6.07, 6.45) is 3.03. The van der Waals surface area contributed by atoms with E-state index in [4.69, 9.17) is 4.74 Å². The van der Waals surface area contributed by atoms with Gasteiger partial charge >= 0.3 is 0 Å². The second-order valence-electron chi connectivity index (χ2n) is 5.42. The summed E-state index contributed by atoms with van der Waals surface area (Å²) in [6.45, 7) is 3.08. The molecule has 0 radical (unpaired) electrons. The number of fused-ring (bicyclic) bond motifs is 1. The minimum atomic E-state index is -3.70. The van der Waals surface area contributed by atoms with Gasteiger partial charge in [0.1, 0.15) is 5.75 Å². The molecule has 0 fully saturated rings. The first-order valence-corrected chi connectivity index (χ1v) is 8.97. The highest BCUT2D eigenvalue weighted by Crippen LogP contribution is 2.28. The number of ether oxygens (including phenoxy) is 1. The Morgan fingerprint density at radius 2 is 2.09 bits per heavy atom. The Bertz CT molecular complexity index is 887. The van der Waals surface area contributed by atoms with E-state index in [0.29, 0.717) is 25.3 Å². The number of pyridine rings is 1. The lowest BCUT2D eigenvalue weighted by atomic mass is 10.2.